The first kappa shape index (κ1) is 23.4. The van der Waals surface area contributed by atoms with E-state index in [-0.39, 0.29) is 0 Å². The van der Waals surface area contributed by atoms with Crippen LogP contribution in [0.25, 0.3) is 17.1 Å². The lowest BCUT2D eigenvalue weighted by Gasteiger charge is -2.13. The summed E-state index contributed by atoms with van der Waals surface area (Å²) in [7, 11) is 1.67. The second kappa shape index (κ2) is 11.4. The summed E-state index contributed by atoms with van der Waals surface area (Å²) in [6.07, 6.45) is 5.90. The van der Waals surface area contributed by atoms with Gasteiger partial charge in [0, 0.05) is 6.54 Å². The first-order valence-electron chi connectivity index (χ1n) is 11.8. The van der Waals surface area contributed by atoms with Crippen LogP contribution in [-0.4, -0.2) is 23.3 Å². The first-order chi connectivity index (χ1) is 16.7. The fraction of sp³-hybridized carbons (Fsp3) is 0.276. The smallest absolute Gasteiger partial charge is 0.161 e. The van der Waals surface area contributed by atoms with Crippen LogP contribution in [0.1, 0.15) is 37.2 Å². The van der Waals surface area contributed by atoms with Crippen molar-refractivity contribution in [1.82, 2.24) is 9.55 Å². The van der Waals surface area contributed by atoms with Crippen molar-refractivity contribution in [2.75, 3.05) is 13.7 Å². The standard InChI is InChI=1S/C29H32N2O3/c1-4-9-23-14-17-27(28(20-23)32-3)33-19-8-18-31-26-11-7-6-10-25(26)30-29(31)21-34-24-15-12-22(5-2)13-16-24/h4,6-7,9-17,20H,5,8,18-19,21H2,1-3H3/b9-4+. The molecule has 0 saturated heterocycles. The Bertz CT molecular complexity index is 1240. The molecule has 1 aromatic heterocycles. The highest BCUT2D eigenvalue weighted by atomic mass is 16.5. The summed E-state index contributed by atoms with van der Waals surface area (Å²) < 4.78 is 19.8. The van der Waals surface area contributed by atoms with Gasteiger partial charge in [0.1, 0.15) is 18.2 Å². The van der Waals surface area contributed by atoms with E-state index in [0.717, 1.165) is 59.1 Å². The Morgan fingerprint density at radius 3 is 2.53 bits per heavy atom. The molecule has 176 valence electrons. The lowest BCUT2D eigenvalue weighted by atomic mass is 10.2. The number of hydrogen-bond donors (Lipinski definition) is 0. The molecular weight excluding hydrogens is 424 g/mol. The summed E-state index contributed by atoms with van der Waals surface area (Å²) in [5.41, 5.74) is 4.47. The number of rotatable bonds is 11. The minimum Gasteiger partial charge on any atom is -0.493 e. The van der Waals surface area contributed by atoms with Gasteiger partial charge in [0.2, 0.25) is 0 Å². The van der Waals surface area contributed by atoms with Crippen molar-refractivity contribution in [3.63, 3.8) is 0 Å². The van der Waals surface area contributed by atoms with Crippen LogP contribution in [0.2, 0.25) is 0 Å². The Labute approximate surface area is 201 Å². The maximum Gasteiger partial charge on any atom is 0.161 e. The molecule has 0 spiro atoms. The monoisotopic (exact) mass is 456 g/mol. The number of aryl methyl sites for hydroxylation is 2. The van der Waals surface area contributed by atoms with Crippen LogP contribution < -0.4 is 14.2 Å². The summed E-state index contributed by atoms with van der Waals surface area (Å²) in [5.74, 6) is 3.26. The molecule has 0 aliphatic carbocycles. The third kappa shape index (κ3) is 5.60. The number of imidazole rings is 1. The SMILES string of the molecule is C/C=C/c1ccc(OCCCn2c(COc3ccc(CC)cc3)nc3ccccc32)c(OC)c1. The lowest BCUT2D eigenvalue weighted by molar-refractivity contribution is 0.273. The van der Waals surface area contributed by atoms with Crippen molar-refractivity contribution in [3.8, 4) is 17.2 Å². The van der Waals surface area contributed by atoms with E-state index in [1.54, 1.807) is 7.11 Å². The normalized spacial score (nSPS) is 11.3. The predicted octanol–water partition coefficient (Wildman–Crippen LogP) is 6.69. The van der Waals surface area contributed by atoms with Crippen molar-refractivity contribution in [3.05, 3.63) is 89.8 Å². The molecule has 3 aromatic carbocycles. The van der Waals surface area contributed by atoms with Gasteiger partial charge in [0.15, 0.2) is 11.5 Å². The van der Waals surface area contributed by atoms with Crippen LogP contribution >= 0.6 is 0 Å². The van der Waals surface area contributed by atoms with Gasteiger partial charge in [0.25, 0.3) is 0 Å². The van der Waals surface area contributed by atoms with E-state index in [9.17, 15) is 0 Å². The summed E-state index contributed by atoms with van der Waals surface area (Å²) in [5, 5.41) is 0. The zero-order chi connectivity index (χ0) is 23.8. The zero-order valence-corrected chi connectivity index (χ0v) is 20.2. The predicted molar refractivity (Wildman–Crippen MR) is 138 cm³/mol. The van der Waals surface area contributed by atoms with E-state index in [4.69, 9.17) is 19.2 Å². The molecule has 0 unspecified atom stereocenters. The number of para-hydroxylation sites is 2. The number of hydrogen-bond acceptors (Lipinski definition) is 4. The summed E-state index contributed by atoms with van der Waals surface area (Å²) >= 11 is 0. The van der Waals surface area contributed by atoms with Gasteiger partial charge in [0.05, 0.1) is 24.8 Å². The molecule has 0 bridgehead atoms. The molecule has 0 aliphatic heterocycles. The Kier molecular flexibility index (Phi) is 7.87. The second-order valence-electron chi connectivity index (χ2n) is 8.07. The first-order valence-corrected chi connectivity index (χ1v) is 11.8. The minimum absolute atomic E-state index is 0.418. The fourth-order valence-corrected chi connectivity index (χ4v) is 3.96. The van der Waals surface area contributed by atoms with Gasteiger partial charge in [-0.25, -0.2) is 4.98 Å². The molecule has 4 aromatic rings. The van der Waals surface area contributed by atoms with Gasteiger partial charge in [-0.05, 0) is 67.3 Å². The highest BCUT2D eigenvalue weighted by molar-refractivity contribution is 5.75. The van der Waals surface area contributed by atoms with E-state index in [1.807, 2.05) is 67.6 Å². The molecule has 0 aliphatic rings. The topological polar surface area (TPSA) is 45.5 Å². The Morgan fingerprint density at radius 2 is 1.76 bits per heavy atom. The number of aromatic nitrogens is 2. The maximum atomic E-state index is 6.06. The summed E-state index contributed by atoms with van der Waals surface area (Å²) in [4.78, 5) is 4.82. The van der Waals surface area contributed by atoms with Gasteiger partial charge in [-0.3, -0.25) is 0 Å². The number of methoxy groups -OCH3 is 1. The Hall–Kier alpha value is -3.73. The van der Waals surface area contributed by atoms with E-state index in [0.29, 0.717) is 13.2 Å². The molecule has 0 N–H and O–H groups in total. The quantitative estimate of drug-likeness (QED) is 0.236. The third-order valence-electron chi connectivity index (χ3n) is 5.76. The van der Waals surface area contributed by atoms with Crippen molar-refractivity contribution < 1.29 is 14.2 Å². The van der Waals surface area contributed by atoms with Crippen molar-refractivity contribution in [2.45, 2.75) is 39.8 Å². The molecule has 0 radical (unpaired) electrons. The zero-order valence-electron chi connectivity index (χ0n) is 20.2. The molecular formula is C29H32N2O3. The van der Waals surface area contributed by atoms with Crippen molar-refractivity contribution >= 4 is 17.1 Å². The van der Waals surface area contributed by atoms with E-state index < -0.39 is 0 Å². The lowest BCUT2D eigenvalue weighted by Crippen LogP contribution is -2.10. The van der Waals surface area contributed by atoms with Crippen LogP contribution in [0.4, 0.5) is 0 Å². The van der Waals surface area contributed by atoms with E-state index >= 15 is 0 Å². The van der Waals surface area contributed by atoms with Crippen molar-refractivity contribution in [1.29, 1.82) is 0 Å². The highest BCUT2D eigenvalue weighted by Crippen LogP contribution is 2.29. The number of fused-ring (bicyclic) bond motifs is 1. The minimum atomic E-state index is 0.418. The molecule has 0 amide bonds. The maximum absolute atomic E-state index is 6.06. The summed E-state index contributed by atoms with van der Waals surface area (Å²) in [6, 6.07) is 22.4. The number of nitrogens with zero attached hydrogens (tertiary/aromatic N) is 2. The van der Waals surface area contributed by atoms with Crippen LogP contribution in [0, 0.1) is 0 Å². The summed E-state index contributed by atoms with van der Waals surface area (Å²) in [6.45, 7) is 5.92. The second-order valence-corrected chi connectivity index (χ2v) is 8.07. The van der Waals surface area contributed by atoms with Crippen LogP contribution in [0.15, 0.2) is 72.8 Å². The molecule has 0 fully saturated rings. The van der Waals surface area contributed by atoms with Crippen LogP contribution in [0.5, 0.6) is 17.2 Å². The molecule has 5 heteroatoms. The van der Waals surface area contributed by atoms with Gasteiger partial charge in [-0.15, -0.1) is 0 Å². The Balaban J connectivity index is 1.42. The van der Waals surface area contributed by atoms with Crippen LogP contribution in [-0.2, 0) is 19.6 Å². The molecule has 0 saturated carbocycles. The molecule has 4 rings (SSSR count). The Morgan fingerprint density at radius 1 is 0.941 bits per heavy atom. The molecule has 1 heterocycles. The van der Waals surface area contributed by atoms with Gasteiger partial charge >= 0.3 is 0 Å². The third-order valence-corrected chi connectivity index (χ3v) is 5.76. The molecule has 34 heavy (non-hydrogen) atoms. The van der Waals surface area contributed by atoms with E-state index in [2.05, 4.69) is 29.7 Å². The van der Waals surface area contributed by atoms with Gasteiger partial charge in [-0.2, -0.15) is 0 Å². The molecule has 5 nitrogen and oxygen atoms in total. The van der Waals surface area contributed by atoms with E-state index in [1.165, 1.54) is 5.56 Å². The van der Waals surface area contributed by atoms with Gasteiger partial charge < -0.3 is 18.8 Å². The van der Waals surface area contributed by atoms with Crippen molar-refractivity contribution in [2.24, 2.45) is 0 Å². The van der Waals surface area contributed by atoms with Crippen LogP contribution in [0.3, 0.4) is 0 Å². The fourth-order valence-electron chi connectivity index (χ4n) is 3.96. The average Bonchev–Trinajstić information content (AvgIpc) is 3.23. The number of ether oxygens (including phenoxy) is 3. The number of benzene rings is 3. The largest absolute Gasteiger partial charge is 0.493 e. The highest BCUT2D eigenvalue weighted by Gasteiger charge is 2.12. The van der Waals surface area contributed by atoms with Gasteiger partial charge in [-0.1, -0.05) is 49.4 Å². The average molecular weight is 457 g/mol. The molecule has 0 atom stereocenters. The number of allylic oxidation sites excluding steroid dienone is 1.